The number of pyridine rings is 1. The van der Waals surface area contributed by atoms with Gasteiger partial charge in [-0.05, 0) is 63.1 Å². The van der Waals surface area contributed by atoms with Gasteiger partial charge in [0.15, 0.2) is 0 Å². The van der Waals surface area contributed by atoms with Gasteiger partial charge in [-0.15, -0.1) is 0 Å². The molecule has 0 N–H and O–H groups in total. The summed E-state index contributed by atoms with van der Waals surface area (Å²) in [5, 5.41) is 2.75. The van der Waals surface area contributed by atoms with Crippen LogP contribution in [0.1, 0.15) is 27.7 Å². The zero-order valence-corrected chi connectivity index (χ0v) is 17.1. The van der Waals surface area contributed by atoms with E-state index in [-0.39, 0.29) is 0 Å². The van der Waals surface area contributed by atoms with Gasteiger partial charge >= 0.3 is 0 Å². The standard InChI is InChI=1S/C18H24INOSi/c1-13(2)22(14(3)4,18-8-6-7-11-20-18)17-10-9-15(21-5)12-16(17)19/h6-14H,1-5H3. The second-order valence-corrected chi connectivity index (χ2v) is 12.5. The van der Waals surface area contributed by atoms with E-state index < -0.39 is 8.07 Å². The minimum atomic E-state index is -1.96. The molecule has 2 nitrogen and oxygen atoms in total. The predicted octanol–water partition coefficient (Wildman–Crippen LogP) is 4.08. The number of hydrogen-bond acceptors (Lipinski definition) is 2. The van der Waals surface area contributed by atoms with Crippen molar-refractivity contribution in [2.24, 2.45) is 0 Å². The Morgan fingerprint density at radius 1 is 1.05 bits per heavy atom. The Hall–Kier alpha value is -0.883. The first-order valence-corrected chi connectivity index (χ1v) is 10.9. The largest absolute Gasteiger partial charge is 0.497 e. The molecule has 0 unspecified atom stereocenters. The van der Waals surface area contributed by atoms with Gasteiger partial charge in [0.2, 0.25) is 0 Å². The quantitative estimate of drug-likeness (QED) is 0.532. The zero-order chi connectivity index (χ0) is 16.3. The van der Waals surface area contributed by atoms with Crippen molar-refractivity contribution in [2.75, 3.05) is 7.11 Å². The first-order valence-electron chi connectivity index (χ1n) is 7.70. The van der Waals surface area contributed by atoms with Crippen LogP contribution >= 0.6 is 22.6 Å². The molecule has 22 heavy (non-hydrogen) atoms. The lowest BCUT2D eigenvalue weighted by Crippen LogP contribution is -2.64. The van der Waals surface area contributed by atoms with Gasteiger partial charge < -0.3 is 4.74 Å². The summed E-state index contributed by atoms with van der Waals surface area (Å²) in [7, 11) is -0.235. The van der Waals surface area contributed by atoms with Crippen molar-refractivity contribution in [3.05, 3.63) is 46.2 Å². The number of rotatable bonds is 5. The number of hydrogen-bond donors (Lipinski definition) is 0. The van der Waals surface area contributed by atoms with Gasteiger partial charge in [0.1, 0.15) is 13.8 Å². The molecule has 0 saturated carbocycles. The third-order valence-electron chi connectivity index (χ3n) is 4.53. The van der Waals surface area contributed by atoms with E-state index in [1.807, 2.05) is 12.3 Å². The Labute approximate surface area is 148 Å². The molecule has 0 aliphatic rings. The average molecular weight is 425 g/mol. The van der Waals surface area contributed by atoms with Crippen LogP contribution < -0.4 is 15.2 Å². The molecule has 1 aromatic carbocycles. The van der Waals surface area contributed by atoms with Gasteiger partial charge in [0.05, 0.1) is 7.11 Å². The molecular formula is C18H24INOSi. The molecule has 1 heterocycles. The maximum Gasteiger partial charge on any atom is 0.147 e. The van der Waals surface area contributed by atoms with Crippen LogP contribution in [0.3, 0.4) is 0 Å². The number of methoxy groups -OCH3 is 1. The maximum atomic E-state index is 5.38. The molecule has 0 aliphatic carbocycles. The van der Waals surface area contributed by atoms with E-state index in [0.29, 0.717) is 11.1 Å². The van der Waals surface area contributed by atoms with Crippen LogP contribution in [-0.2, 0) is 0 Å². The lowest BCUT2D eigenvalue weighted by molar-refractivity contribution is 0.414. The molecular weight excluding hydrogens is 401 g/mol. The summed E-state index contributed by atoms with van der Waals surface area (Å²) in [5.74, 6) is 0.921. The number of benzene rings is 1. The van der Waals surface area contributed by atoms with Crippen LogP contribution in [0.5, 0.6) is 5.75 Å². The average Bonchev–Trinajstić information content (AvgIpc) is 2.49. The van der Waals surface area contributed by atoms with Crippen LogP contribution in [0.2, 0.25) is 11.1 Å². The molecule has 4 heteroatoms. The van der Waals surface area contributed by atoms with Crippen molar-refractivity contribution < 1.29 is 4.74 Å². The van der Waals surface area contributed by atoms with Gasteiger partial charge in [0, 0.05) is 15.1 Å². The summed E-state index contributed by atoms with van der Waals surface area (Å²) in [6.07, 6.45) is 1.93. The molecule has 0 atom stereocenters. The molecule has 2 rings (SSSR count). The highest BCUT2D eigenvalue weighted by Gasteiger charge is 2.45. The van der Waals surface area contributed by atoms with E-state index in [2.05, 4.69) is 80.6 Å². The predicted molar refractivity (Wildman–Crippen MR) is 105 cm³/mol. The fourth-order valence-electron chi connectivity index (χ4n) is 3.58. The van der Waals surface area contributed by atoms with Crippen LogP contribution in [-0.4, -0.2) is 20.2 Å². The lowest BCUT2D eigenvalue weighted by atomic mass is 10.3. The third kappa shape index (κ3) is 2.95. The topological polar surface area (TPSA) is 22.1 Å². The summed E-state index contributed by atoms with van der Waals surface area (Å²) >= 11 is 2.45. The molecule has 0 amide bonds. The lowest BCUT2D eigenvalue weighted by Gasteiger charge is -2.40. The molecule has 0 spiro atoms. The fraction of sp³-hybridized carbons (Fsp3) is 0.389. The minimum Gasteiger partial charge on any atom is -0.497 e. The van der Waals surface area contributed by atoms with Crippen molar-refractivity contribution in [3.8, 4) is 5.75 Å². The molecule has 118 valence electrons. The van der Waals surface area contributed by atoms with Crippen molar-refractivity contribution >= 4 is 41.2 Å². The van der Waals surface area contributed by atoms with E-state index in [1.54, 1.807) is 7.11 Å². The van der Waals surface area contributed by atoms with Crippen molar-refractivity contribution in [2.45, 2.75) is 38.8 Å². The molecule has 0 aliphatic heterocycles. The summed E-state index contributed by atoms with van der Waals surface area (Å²) in [6.45, 7) is 9.39. The minimum absolute atomic E-state index is 0.573. The van der Waals surface area contributed by atoms with Gasteiger partial charge in [-0.1, -0.05) is 39.8 Å². The monoisotopic (exact) mass is 425 g/mol. The fourth-order valence-corrected chi connectivity index (χ4v) is 10.9. The molecule has 0 radical (unpaired) electrons. The summed E-state index contributed by atoms with van der Waals surface area (Å²) in [6, 6.07) is 12.8. The Morgan fingerprint density at radius 2 is 1.73 bits per heavy atom. The number of nitrogens with zero attached hydrogens (tertiary/aromatic N) is 1. The van der Waals surface area contributed by atoms with Gasteiger partial charge in [-0.2, -0.15) is 0 Å². The van der Waals surface area contributed by atoms with E-state index in [0.717, 1.165) is 5.75 Å². The zero-order valence-electron chi connectivity index (χ0n) is 13.9. The number of ether oxygens (including phenoxy) is 1. The van der Waals surface area contributed by atoms with Crippen LogP contribution in [0, 0.1) is 3.57 Å². The van der Waals surface area contributed by atoms with Gasteiger partial charge in [0.25, 0.3) is 0 Å². The Morgan fingerprint density at radius 3 is 2.18 bits per heavy atom. The highest BCUT2D eigenvalue weighted by atomic mass is 127. The number of halogens is 1. The molecule has 2 aromatic rings. The third-order valence-corrected chi connectivity index (χ3v) is 12.0. The maximum absolute atomic E-state index is 5.38. The van der Waals surface area contributed by atoms with Crippen LogP contribution in [0.25, 0.3) is 0 Å². The normalized spacial score (nSPS) is 12.0. The Balaban J connectivity index is 2.74. The Kier molecular flexibility index (Phi) is 5.66. The molecule has 0 saturated heterocycles. The van der Waals surface area contributed by atoms with E-state index in [9.17, 15) is 0 Å². The van der Waals surface area contributed by atoms with Crippen LogP contribution in [0.15, 0.2) is 42.6 Å². The summed E-state index contributed by atoms with van der Waals surface area (Å²) in [4.78, 5) is 4.78. The van der Waals surface area contributed by atoms with E-state index in [4.69, 9.17) is 9.72 Å². The number of aromatic nitrogens is 1. The van der Waals surface area contributed by atoms with Crippen molar-refractivity contribution in [1.82, 2.24) is 4.98 Å². The summed E-state index contributed by atoms with van der Waals surface area (Å²) in [5.41, 5.74) is 1.15. The first-order chi connectivity index (χ1) is 10.4. The SMILES string of the molecule is COc1ccc([Si](c2ccccn2)(C(C)C)C(C)C)c(I)c1. The van der Waals surface area contributed by atoms with Crippen LogP contribution in [0.4, 0.5) is 0 Å². The second kappa shape index (κ2) is 7.13. The molecule has 1 aromatic heterocycles. The van der Waals surface area contributed by atoms with Crippen molar-refractivity contribution in [3.63, 3.8) is 0 Å². The van der Waals surface area contributed by atoms with Gasteiger partial charge in [-0.3, -0.25) is 4.98 Å². The molecule has 0 bridgehead atoms. The first kappa shape index (κ1) is 17.5. The highest BCUT2D eigenvalue weighted by molar-refractivity contribution is 14.1. The smallest absolute Gasteiger partial charge is 0.147 e. The highest BCUT2D eigenvalue weighted by Crippen LogP contribution is 2.33. The summed E-state index contributed by atoms with van der Waals surface area (Å²) < 4.78 is 6.67. The Bertz CT molecular complexity index is 620. The van der Waals surface area contributed by atoms with E-state index >= 15 is 0 Å². The van der Waals surface area contributed by atoms with E-state index in [1.165, 1.54) is 14.1 Å². The molecule has 0 fully saturated rings. The van der Waals surface area contributed by atoms with Crippen molar-refractivity contribution in [1.29, 1.82) is 0 Å². The van der Waals surface area contributed by atoms with Gasteiger partial charge in [-0.25, -0.2) is 0 Å². The second-order valence-electron chi connectivity index (χ2n) is 6.24.